The van der Waals surface area contributed by atoms with Gasteiger partial charge in [0.05, 0.1) is 24.3 Å². The molecule has 3 rings (SSSR count). The van der Waals surface area contributed by atoms with Gasteiger partial charge in [-0.05, 0) is 61.8 Å². The molecule has 0 spiro atoms. The first-order chi connectivity index (χ1) is 16.5. The van der Waals surface area contributed by atoms with E-state index in [0.717, 1.165) is 38.5 Å². The van der Waals surface area contributed by atoms with E-state index in [1.807, 2.05) is 36.4 Å². The molecule has 6 nitrogen and oxygen atoms in total. The van der Waals surface area contributed by atoms with Gasteiger partial charge in [-0.2, -0.15) is 0 Å². The van der Waals surface area contributed by atoms with Gasteiger partial charge in [-0.25, -0.2) is 9.59 Å². The molecule has 0 atom stereocenters. The van der Waals surface area contributed by atoms with Crippen molar-refractivity contribution in [2.75, 3.05) is 13.2 Å². The number of aromatic carboxylic acids is 2. The van der Waals surface area contributed by atoms with Gasteiger partial charge in [-0.3, -0.25) is 0 Å². The summed E-state index contributed by atoms with van der Waals surface area (Å²) in [6, 6.07) is 22.8. The monoisotopic (exact) mass is 462 g/mol. The Balaban J connectivity index is 1.59. The maximum atomic E-state index is 11.6. The summed E-state index contributed by atoms with van der Waals surface area (Å²) < 4.78 is 11.7. The fourth-order valence-corrected chi connectivity index (χ4v) is 3.66. The van der Waals surface area contributed by atoms with Crippen molar-refractivity contribution in [3.05, 3.63) is 95.1 Å². The number of ether oxygens (including phenoxy) is 2. The van der Waals surface area contributed by atoms with E-state index in [2.05, 4.69) is 24.3 Å². The Hall–Kier alpha value is -3.80. The van der Waals surface area contributed by atoms with Crippen LogP contribution in [0.1, 0.15) is 57.5 Å². The first-order valence-electron chi connectivity index (χ1n) is 11.5. The second-order valence-electron chi connectivity index (χ2n) is 8.04. The number of rotatable bonds is 14. The Labute approximate surface area is 199 Å². The largest absolute Gasteiger partial charge is 0.490 e. The maximum absolute atomic E-state index is 11.6. The summed E-state index contributed by atoms with van der Waals surface area (Å²) in [7, 11) is 0. The van der Waals surface area contributed by atoms with Crippen molar-refractivity contribution >= 4 is 11.9 Å². The molecule has 0 fully saturated rings. The molecule has 0 saturated heterocycles. The predicted octanol–water partition coefficient (Wildman–Crippen LogP) is 5.89. The zero-order valence-electron chi connectivity index (χ0n) is 19.1. The lowest BCUT2D eigenvalue weighted by atomic mass is 10.1. The van der Waals surface area contributed by atoms with Gasteiger partial charge in [0, 0.05) is 0 Å². The second kappa shape index (κ2) is 13.0. The Kier molecular flexibility index (Phi) is 9.52. The molecule has 0 aromatic heterocycles. The molecule has 0 bridgehead atoms. The minimum absolute atomic E-state index is 0.255. The molecule has 6 heteroatoms. The normalized spacial score (nSPS) is 10.6. The summed E-state index contributed by atoms with van der Waals surface area (Å²) in [5.41, 5.74) is 1.87. The van der Waals surface area contributed by atoms with Gasteiger partial charge in [-0.15, -0.1) is 0 Å². The summed E-state index contributed by atoms with van der Waals surface area (Å²) >= 11 is 0. The number of hydrogen-bond acceptors (Lipinski definition) is 4. The van der Waals surface area contributed by atoms with Crippen LogP contribution in [-0.2, 0) is 12.8 Å². The van der Waals surface area contributed by atoms with E-state index >= 15 is 0 Å². The number of carboxylic acids is 2. The Bertz CT molecular complexity index is 977. The summed E-state index contributed by atoms with van der Waals surface area (Å²) in [5, 5.41) is 18.9. The summed E-state index contributed by atoms with van der Waals surface area (Å²) in [4.78, 5) is 23.2. The maximum Gasteiger partial charge on any atom is 0.336 e. The molecule has 3 aromatic rings. The molecular formula is C28H30O6. The van der Waals surface area contributed by atoms with Crippen molar-refractivity contribution in [1.82, 2.24) is 0 Å². The van der Waals surface area contributed by atoms with Crippen LogP contribution in [0.2, 0.25) is 0 Å². The topological polar surface area (TPSA) is 93.1 Å². The zero-order valence-corrected chi connectivity index (χ0v) is 19.1. The highest BCUT2D eigenvalue weighted by Crippen LogP contribution is 2.32. The average Bonchev–Trinajstić information content (AvgIpc) is 2.85. The molecule has 0 aliphatic rings. The van der Waals surface area contributed by atoms with Crippen LogP contribution < -0.4 is 9.47 Å². The highest BCUT2D eigenvalue weighted by Gasteiger charge is 2.21. The SMILES string of the molecule is O=C(O)c1cc(OCCCCc2ccccc2)c(OCCCCc2ccccc2)cc1C(=O)O. The van der Waals surface area contributed by atoms with Crippen LogP contribution in [0.15, 0.2) is 72.8 Å². The third-order valence-electron chi connectivity index (χ3n) is 5.47. The van der Waals surface area contributed by atoms with E-state index in [0.29, 0.717) is 13.2 Å². The Morgan fingerprint density at radius 2 is 0.971 bits per heavy atom. The summed E-state index contributed by atoms with van der Waals surface area (Å²) in [5.74, 6) is -2.13. The highest BCUT2D eigenvalue weighted by atomic mass is 16.5. The van der Waals surface area contributed by atoms with Gasteiger partial charge >= 0.3 is 11.9 Å². The molecule has 0 saturated carbocycles. The Morgan fingerprint density at radius 1 is 0.588 bits per heavy atom. The number of carboxylic acid groups (broad SMARTS) is 2. The number of carbonyl (C=O) groups is 2. The van der Waals surface area contributed by atoms with Gasteiger partial charge in [0.2, 0.25) is 0 Å². The molecule has 0 aliphatic carbocycles. The van der Waals surface area contributed by atoms with Crippen LogP contribution in [-0.4, -0.2) is 35.4 Å². The molecule has 3 aromatic carbocycles. The third kappa shape index (κ3) is 7.66. The molecule has 2 N–H and O–H groups in total. The molecule has 0 amide bonds. The van der Waals surface area contributed by atoms with Gasteiger partial charge in [0.15, 0.2) is 11.5 Å². The van der Waals surface area contributed by atoms with E-state index < -0.39 is 11.9 Å². The van der Waals surface area contributed by atoms with Crippen molar-refractivity contribution in [1.29, 1.82) is 0 Å². The van der Waals surface area contributed by atoms with Crippen LogP contribution in [0.3, 0.4) is 0 Å². The first-order valence-corrected chi connectivity index (χ1v) is 11.5. The van der Waals surface area contributed by atoms with E-state index in [-0.39, 0.29) is 22.6 Å². The Morgan fingerprint density at radius 3 is 1.32 bits per heavy atom. The van der Waals surface area contributed by atoms with E-state index in [1.165, 1.54) is 23.3 Å². The van der Waals surface area contributed by atoms with Crippen molar-refractivity contribution in [2.24, 2.45) is 0 Å². The highest BCUT2D eigenvalue weighted by molar-refractivity contribution is 6.02. The number of aryl methyl sites for hydroxylation is 2. The van der Waals surface area contributed by atoms with Crippen molar-refractivity contribution in [2.45, 2.75) is 38.5 Å². The standard InChI is InChI=1S/C28H30O6/c29-27(30)23-19-25(33-17-9-7-15-21-11-3-1-4-12-21)26(20-24(23)28(31)32)34-18-10-8-16-22-13-5-2-6-14-22/h1-6,11-14,19-20H,7-10,15-18H2,(H,29,30)(H,31,32). The minimum Gasteiger partial charge on any atom is -0.490 e. The van der Waals surface area contributed by atoms with Gasteiger partial charge in [0.1, 0.15) is 0 Å². The molecular weight excluding hydrogens is 432 g/mol. The van der Waals surface area contributed by atoms with Gasteiger partial charge in [-0.1, -0.05) is 60.7 Å². The molecule has 0 radical (unpaired) electrons. The molecule has 178 valence electrons. The molecule has 0 aliphatic heterocycles. The van der Waals surface area contributed by atoms with E-state index in [1.54, 1.807) is 0 Å². The molecule has 0 unspecified atom stereocenters. The second-order valence-corrected chi connectivity index (χ2v) is 8.04. The lowest BCUT2D eigenvalue weighted by Crippen LogP contribution is -2.11. The molecule has 0 heterocycles. The summed E-state index contributed by atoms with van der Waals surface area (Å²) in [6.45, 7) is 0.755. The fourth-order valence-electron chi connectivity index (χ4n) is 3.66. The summed E-state index contributed by atoms with van der Waals surface area (Å²) in [6.07, 6.45) is 5.22. The van der Waals surface area contributed by atoms with Crippen molar-refractivity contribution in [3.8, 4) is 11.5 Å². The lowest BCUT2D eigenvalue weighted by Gasteiger charge is -2.15. The van der Waals surface area contributed by atoms with Crippen molar-refractivity contribution in [3.63, 3.8) is 0 Å². The minimum atomic E-state index is -1.32. The quantitative estimate of drug-likeness (QED) is 0.290. The average molecular weight is 463 g/mol. The van der Waals surface area contributed by atoms with Crippen LogP contribution in [0, 0.1) is 0 Å². The number of benzene rings is 3. The first kappa shape index (κ1) is 24.8. The van der Waals surface area contributed by atoms with Crippen LogP contribution >= 0.6 is 0 Å². The van der Waals surface area contributed by atoms with Crippen LogP contribution in [0.25, 0.3) is 0 Å². The zero-order chi connectivity index (χ0) is 24.2. The van der Waals surface area contributed by atoms with E-state index in [4.69, 9.17) is 9.47 Å². The van der Waals surface area contributed by atoms with Gasteiger partial charge < -0.3 is 19.7 Å². The van der Waals surface area contributed by atoms with Crippen LogP contribution in [0.5, 0.6) is 11.5 Å². The number of unbranched alkanes of at least 4 members (excludes halogenated alkanes) is 2. The van der Waals surface area contributed by atoms with Crippen LogP contribution in [0.4, 0.5) is 0 Å². The number of hydrogen-bond donors (Lipinski definition) is 2. The fraction of sp³-hybridized carbons (Fsp3) is 0.286. The smallest absolute Gasteiger partial charge is 0.336 e. The predicted molar refractivity (Wildman–Crippen MR) is 130 cm³/mol. The van der Waals surface area contributed by atoms with E-state index in [9.17, 15) is 19.8 Å². The van der Waals surface area contributed by atoms with Crippen molar-refractivity contribution < 1.29 is 29.3 Å². The lowest BCUT2D eigenvalue weighted by molar-refractivity contribution is 0.0650. The molecule has 34 heavy (non-hydrogen) atoms. The van der Waals surface area contributed by atoms with Gasteiger partial charge in [0.25, 0.3) is 0 Å². The third-order valence-corrected chi connectivity index (χ3v) is 5.47.